The van der Waals surface area contributed by atoms with Gasteiger partial charge in [-0.3, -0.25) is 0 Å². The van der Waals surface area contributed by atoms with E-state index in [4.69, 9.17) is 0 Å². The van der Waals surface area contributed by atoms with Crippen molar-refractivity contribution in [1.29, 1.82) is 0 Å². The molecule has 0 atom stereocenters. The van der Waals surface area contributed by atoms with E-state index in [1.165, 1.54) is 0 Å². The Kier molecular flexibility index (Phi) is 3.94. The van der Waals surface area contributed by atoms with Gasteiger partial charge in [0.25, 0.3) is 0 Å². The highest BCUT2D eigenvalue weighted by Gasteiger charge is 2.25. The molecular weight excluding hydrogens is 220 g/mol. The third-order valence-corrected chi connectivity index (χ3v) is 2.48. The molecule has 4 heteroatoms. The summed E-state index contributed by atoms with van der Waals surface area (Å²) in [6.45, 7) is 5.01. The minimum absolute atomic E-state index is 0.0473. The Hall–Kier alpha value is -1.06. The van der Waals surface area contributed by atoms with Crippen molar-refractivity contribution in [1.82, 2.24) is 0 Å². The zero-order valence-corrected chi connectivity index (χ0v) is 9.50. The SMILES string of the molecule is CCCc1c(F)c(F)c(F)c(F)c1C(C)C. The fourth-order valence-electron chi connectivity index (χ4n) is 1.79. The number of benzene rings is 1. The molecule has 1 aromatic carbocycles. The Morgan fingerprint density at radius 3 is 1.81 bits per heavy atom. The van der Waals surface area contributed by atoms with Crippen LogP contribution in [0.4, 0.5) is 17.6 Å². The van der Waals surface area contributed by atoms with E-state index in [-0.39, 0.29) is 23.5 Å². The van der Waals surface area contributed by atoms with E-state index in [0.29, 0.717) is 6.42 Å². The van der Waals surface area contributed by atoms with Gasteiger partial charge < -0.3 is 0 Å². The van der Waals surface area contributed by atoms with Crippen LogP contribution in [-0.4, -0.2) is 0 Å². The van der Waals surface area contributed by atoms with E-state index in [0.717, 1.165) is 0 Å². The average Bonchev–Trinajstić information content (AvgIpc) is 2.23. The van der Waals surface area contributed by atoms with E-state index in [2.05, 4.69) is 0 Å². The molecule has 0 aliphatic rings. The van der Waals surface area contributed by atoms with Crippen LogP contribution >= 0.6 is 0 Å². The fourth-order valence-corrected chi connectivity index (χ4v) is 1.79. The van der Waals surface area contributed by atoms with Crippen LogP contribution in [0.5, 0.6) is 0 Å². The van der Waals surface area contributed by atoms with Crippen molar-refractivity contribution in [3.05, 3.63) is 34.4 Å². The summed E-state index contributed by atoms with van der Waals surface area (Å²) in [6, 6.07) is 0. The summed E-state index contributed by atoms with van der Waals surface area (Å²) in [5.41, 5.74) is -0.104. The van der Waals surface area contributed by atoms with Crippen LogP contribution in [0.15, 0.2) is 0 Å². The molecule has 0 aliphatic heterocycles. The minimum atomic E-state index is -1.72. The van der Waals surface area contributed by atoms with Crippen molar-refractivity contribution >= 4 is 0 Å². The predicted molar refractivity (Wildman–Crippen MR) is 54.4 cm³/mol. The quantitative estimate of drug-likeness (QED) is 0.415. The van der Waals surface area contributed by atoms with Gasteiger partial charge in [-0.25, -0.2) is 17.6 Å². The fraction of sp³-hybridized carbons (Fsp3) is 0.500. The molecule has 1 rings (SSSR count). The third kappa shape index (κ3) is 2.06. The average molecular weight is 234 g/mol. The summed E-state index contributed by atoms with van der Waals surface area (Å²) in [4.78, 5) is 0. The van der Waals surface area contributed by atoms with Gasteiger partial charge in [-0.1, -0.05) is 27.2 Å². The van der Waals surface area contributed by atoms with Crippen LogP contribution in [0.2, 0.25) is 0 Å². The summed E-state index contributed by atoms with van der Waals surface area (Å²) in [5.74, 6) is -6.35. The van der Waals surface area contributed by atoms with Gasteiger partial charge >= 0.3 is 0 Å². The lowest BCUT2D eigenvalue weighted by Crippen LogP contribution is -2.10. The van der Waals surface area contributed by atoms with Crippen molar-refractivity contribution in [2.75, 3.05) is 0 Å². The van der Waals surface area contributed by atoms with E-state index >= 15 is 0 Å². The third-order valence-electron chi connectivity index (χ3n) is 2.48. The highest BCUT2D eigenvalue weighted by atomic mass is 19.2. The second kappa shape index (κ2) is 4.85. The molecule has 0 nitrogen and oxygen atoms in total. The van der Waals surface area contributed by atoms with Crippen LogP contribution in [0.1, 0.15) is 44.2 Å². The molecule has 0 heterocycles. The summed E-state index contributed by atoms with van der Waals surface area (Å²) in [6.07, 6.45) is 0.745. The van der Waals surface area contributed by atoms with Gasteiger partial charge in [0.1, 0.15) is 0 Å². The zero-order valence-electron chi connectivity index (χ0n) is 9.50. The first-order chi connectivity index (χ1) is 7.41. The maximum Gasteiger partial charge on any atom is 0.197 e. The van der Waals surface area contributed by atoms with Gasteiger partial charge in [-0.2, -0.15) is 0 Å². The molecule has 0 fully saturated rings. The summed E-state index contributed by atoms with van der Waals surface area (Å²) in [5, 5.41) is 0. The van der Waals surface area contributed by atoms with E-state index < -0.39 is 23.3 Å². The molecular formula is C12H14F4. The van der Waals surface area contributed by atoms with E-state index in [1.807, 2.05) is 0 Å². The van der Waals surface area contributed by atoms with Crippen LogP contribution in [-0.2, 0) is 6.42 Å². The second-order valence-corrected chi connectivity index (χ2v) is 4.05. The van der Waals surface area contributed by atoms with Crippen molar-refractivity contribution in [2.24, 2.45) is 0 Å². The van der Waals surface area contributed by atoms with Gasteiger partial charge in [0.2, 0.25) is 0 Å². The highest BCUT2D eigenvalue weighted by molar-refractivity contribution is 5.34. The lowest BCUT2D eigenvalue weighted by Gasteiger charge is -2.15. The van der Waals surface area contributed by atoms with E-state index in [1.54, 1.807) is 20.8 Å². The van der Waals surface area contributed by atoms with Gasteiger partial charge in [0.15, 0.2) is 23.3 Å². The Labute approximate surface area is 92.3 Å². The Morgan fingerprint density at radius 2 is 1.38 bits per heavy atom. The maximum absolute atomic E-state index is 13.5. The van der Waals surface area contributed by atoms with Crippen LogP contribution in [0, 0.1) is 23.3 Å². The normalized spacial score (nSPS) is 11.2. The van der Waals surface area contributed by atoms with Gasteiger partial charge in [0, 0.05) is 0 Å². The molecule has 0 spiro atoms. The summed E-state index contributed by atoms with van der Waals surface area (Å²) < 4.78 is 53.0. The standard InChI is InChI=1S/C12H14F4/c1-4-5-7-8(6(2)3)10(14)12(16)11(15)9(7)13/h6H,4-5H2,1-3H3. The van der Waals surface area contributed by atoms with Crippen molar-refractivity contribution in [3.63, 3.8) is 0 Å². The number of hydrogen-bond donors (Lipinski definition) is 0. The lowest BCUT2D eigenvalue weighted by molar-refractivity contribution is 0.395. The molecule has 90 valence electrons. The molecule has 1 aromatic rings. The monoisotopic (exact) mass is 234 g/mol. The van der Waals surface area contributed by atoms with Crippen molar-refractivity contribution < 1.29 is 17.6 Å². The van der Waals surface area contributed by atoms with Crippen LogP contribution < -0.4 is 0 Å². The topological polar surface area (TPSA) is 0 Å². The highest BCUT2D eigenvalue weighted by Crippen LogP contribution is 2.30. The van der Waals surface area contributed by atoms with Crippen molar-refractivity contribution in [2.45, 2.75) is 39.5 Å². The predicted octanol–water partition coefficient (Wildman–Crippen LogP) is 4.32. The van der Waals surface area contributed by atoms with Gasteiger partial charge in [-0.05, 0) is 23.5 Å². The van der Waals surface area contributed by atoms with Crippen LogP contribution in [0.3, 0.4) is 0 Å². The Bertz CT molecular complexity index is 397. The largest absolute Gasteiger partial charge is 0.203 e. The molecule has 16 heavy (non-hydrogen) atoms. The summed E-state index contributed by atoms with van der Waals surface area (Å²) in [7, 11) is 0. The van der Waals surface area contributed by atoms with E-state index in [9.17, 15) is 17.6 Å². The molecule has 0 saturated heterocycles. The van der Waals surface area contributed by atoms with Gasteiger partial charge in [0.05, 0.1) is 0 Å². The second-order valence-electron chi connectivity index (χ2n) is 4.05. The molecule has 0 aliphatic carbocycles. The molecule has 0 bridgehead atoms. The molecule has 0 saturated carbocycles. The first kappa shape index (κ1) is 13.0. The van der Waals surface area contributed by atoms with Gasteiger partial charge in [-0.15, -0.1) is 0 Å². The lowest BCUT2D eigenvalue weighted by atomic mass is 9.93. The molecule has 0 radical (unpaired) electrons. The number of halogens is 4. The Balaban J connectivity index is 3.55. The smallest absolute Gasteiger partial charge is 0.197 e. The zero-order chi connectivity index (χ0) is 12.5. The Morgan fingerprint density at radius 1 is 0.875 bits per heavy atom. The minimum Gasteiger partial charge on any atom is -0.203 e. The maximum atomic E-state index is 13.5. The first-order valence-electron chi connectivity index (χ1n) is 5.26. The number of rotatable bonds is 3. The molecule has 0 aromatic heterocycles. The molecule has 0 amide bonds. The molecule has 0 unspecified atom stereocenters. The van der Waals surface area contributed by atoms with Crippen molar-refractivity contribution in [3.8, 4) is 0 Å². The first-order valence-corrected chi connectivity index (χ1v) is 5.26. The number of hydrogen-bond acceptors (Lipinski definition) is 0. The summed E-state index contributed by atoms with van der Waals surface area (Å²) >= 11 is 0. The molecule has 0 N–H and O–H groups in total. The van der Waals surface area contributed by atoms with Crippen LogP contribution in [0.25, 0.3) is 0 Å².